The minimum atomic E-state index is -0.695. The second-order valence-electron chi connectivity index (χ2n) is 11.8. The molecule has 2 heteroatoms. The number of fused-ring (bicyclic) bond motifs is 7. The van der Waals surface area contributed by atoms with Crippen molar-refractivity contribution in [1.82, 2.24) is 4.57 Å². The molecule has 2 nitrogen and oxygen atoms in total. The highest BCUT2D eigenvalue weighted by atomic mass is 16.3. The van der Waals surface area contributed by atoms with Crippen LogP contribution in [0.1, 0.15) is 17.8 Å². The maximum atomic E-state index is 9.47. The van der Waals surface area contributed by atoms with Gasteiger partial charge in [0, 0.05) is 27.2 Å². The Bertz CT molecular complexity index is 3770. The standard InChI is InChI=1S/C46H27NO/c1-3-9-28(10-4-1)33-20-15-29-18-23-37-34(21-16-30-17-22-36(33)43(29)44(30)37)31-19-26-41-40(27-31)38-24-25-39-35-13-7-8-14-42(35)48-46(39)45(38)47(41)32-11-5-2-6-12-32/h1-27H/i1D,3D,4D,9D,10D,15D,16D,17D,18D,20D,21D,22D,23D. The van der Waals surface area contributed by atoms with Crippen LogP contribution in [0.4, 0.5) is 0 Å². The Morgan fingerprint density at radius 1 is 0.479 bits per heavy atom. The summed E-state index contributed by atoms with van der Waals surface area (Å²) < 4.78 is 126. The molecule has 0 N–H and O–H groups in total. The average Bonchev–Trinajstić information content (AvgIpc) is 3.81. The molecule has 0 radical (unpaired) electrons. The summed E-state index contributed by atoms with van der Waals surface area (Å²) in [6.07, 6.45) is 0. The van der Waals surface area contributed by atoms with Gasteiger partial charge in [-0.1, -0.05) is 127 Å². The molecular formula is C46H27NO. The smallest absolute Gasteiger partial charge is 0.160 e. The predicted octanol–water partition coefficient (Wildman–Crippen LogP) is 12.9. The van der Waals surface area contributed by atoms with Gasteiger partial charge in [-0.15, -0.1) is 0 Å². The molecule has 0 amide bonds. The molecule has 0 aliphatic heterocycles. The number of para-hydroxylation sites is 2. The summed E-state index contributed by atoms with van der Waals surface area (Å²) >= 11 is 0. The van der Waals surface area contributed by atoms with Crippen LogP contribution >= 0.6 is 0 Å². The van der Waals surface area contributed by atoms with Gasteiger partial charge < -0.3 is 8.98 Å². The largest absolute Gasteiger partial charge is 0.454 e. The van der Waals surface area contributed by atoms with Gasteiger partial charge in [0.05, 0.1) is 28.9 Å². The van der Waals surface area contributed by atoms with Crippen LogP contribution in [-0.4, -0.2) is 4.57 Å². The van der Waals surface area contributed by atoms with E-state index in [4.69, 9.17) is 12.6 Å². The minimum Gasteiger partial charge on any atom is -0.454 e. The third-order valence-electron chi connectivity index (χ3n) is 9.33. The summed E-state index contributed by atoms with van der Waals surface area (Å²) in [5.41, 5.74) is 3.61. The molecule has 0 aliphatic rings. The predicted molar refractivity (Wildman–Crippen MR) is 203 cm³/mol. The lowest BCUT2D eigenvalue weighted by Crippen LogP contribution is -1.93. The number of nitrogens with zero attached hydrogens (tertiary/aromatic N) is 1. The normalized spacial score (nSPS) is 16.0. The quantitative estimate of drug-likeness (QED) is 0.179. The van der Waals surface area contributed by atoms with Crippen molar-refractivity contribution in [1.29, 1.82) is 0 Å². The van der Waals surface area contributed by atoms with E-state index in [1.54, 1.807) is 6.07 Å². The summed E-state index contributed by atoms with van der Waals surface area (Å²) in [6.45, 7) is 0. The SMILES string of the molecule is [2H]c1c([2H])c([2H])c(-c2c([2H])c([2H])c3c([2H])c([2H])c4c(-c5ccc6c(c5)c5ccc7c8ccccc8oc7c5n6-c5ccccc5)c([2H])c([2H])c5c([2H])c([2H])c2c3c54)c([2H])c1[2H]. The molecule has 222 valence electrons. The Morgan fingerprint density at radius 3 is 1.92 bits per heavy atom. The van der Waals surface area contributed by atoms with E-state index in [0.717, 1.165) is 43.8 Å². The van der Waals surface area contributed by atoms with Gasteiger partial charge in [-0.05, 0) is 91.0 Å². The van der Waals surface area contributed by atoms with Crippen molar-refractivity contribution in [3.05, 3.63) is 163 Å². The fourth-order valence-electron chi connectivity index (χ4n) is 7.25. The number of benzene rings is 9. The summed E-state index contributed by atoms with van der Waals surface area (Å²) in [5.74, 6) is 0. The molecule has 0 aliphatic carbocycles. The number of hydrogen-bond donors (Lipinski definition) is 0. The van der Waals surface area contributed by atoms with Crippen LogP contribution in [-0.2, 0) is 0 Å². The summed E-state index contributed by atoms with van der Waals surface area (Å²) in [6, 6.07) is 19.7. The zero-order valence-electron chi connectivity index (χ0n) is 37.9. The van der Waals surface area contributed by atoms with Gasteiger partial charge in [0.1, 0.15) is 5.58 Å². The fourth-order valence-corrected chi connectivity index (χ4v) is 7.25. The van der Waals surface area contributed by atoms with E-state index in [-0.39, 0.29) is 49.5 Å². The van der Waals surface area contributed by atoms with E-state index in [0.29, 0.717) is 11.1 Å². The van der Waals surface area contributed by atoms with Crippen LogP contribution in [0.3, 0.4) is 0 Å². The molecule has 2 aromatic heterocycles. The van der Waals surface area contributed by atoms with Crippen molar-refractivity contribution >= 4 is 76.1 Å². The molecule has 0 saturated heterocycles. The molecule has 0 unspecified atom stereocenters. The molecule has 11 rings (SSSR count). The van der Waals surface area contributed by atoms with Gasteiger partial charge in [-0.3, -0.25) is 0 Å². The second kappa shape index (κ2) is 9.57. The van der Waals surface area contributed by atoms with E-state index in [1.165, 1.54) is 0 Å². The minimum absolute atomic E-state index is 0.0157. The fraction of sp³-hybridized carbons (Fsp3) is 0. The first kappa shape index (κ1) is 16.4. The van der Waals surface area contributed by atoms with Gasteiger partial charge in [0.25, 0.3) is 0 Å². The molecule has 0 atom stereocenters. The van der Waals surface area contributed by atoms with Crippen LogP contribution in [0.2, 0.25) is 0 Å². The first-order chi connectivity index (χ1) is 29.2. The molecule has 0 spiro atoms. The molecule has 0 fully saturated rings. The van der Waals surface area contributed by atoms with Gasteiger partial charge in [0.15, 0.2) is 5.58 Å². The van der Waals surface area contributed by atoms with E-state index >= 15 is 0 Å². The van der Waals surface area contributed by atoms with Crippen molar-refractivity contribution in [3.8, 4) is 27.9 Å². The third kappa shape index (κ3) is 3.46. The van der Waals surface area contributed by atoms with Crippen LogP contribution in [0.5, 0.6) is 0 Å². The molecule has 11 aromatic rings. The first-order valence-corrected chi connectivity index (χ1v) is 15.5. The Hall–Kier alpha value is -6.38. The molecule has 0 bridgehead atoms. The van der Waals surface area contributed by atoms with Gasteiger partial charge >= 0.3 is 0 Å². The Balaban J connectivity index is 1.31. The van der Waals surface area contributed by atoms with Crippen molar-refractivity contribution in [2.45, 2.75) is 0 Å². The van der Waals surface area contributed by atoms with Gasteiger partial charge in [0.2, 0.25) is 0 Å². The Kier molecular flexibility index (Phi) is 3.28. The number of aromatic nitrogens is 1. The average molecular weight is 623 g/mol. The first-order valence-electron chi connectivity index (χ1n) is 22.0. The molecular weight excluding hydrogens is 583 g/mol. The van der Waals surface area contributed by atoms with Crippen molar-refractivity contribution in [2.75, 3.05) is 0 Å². The summed E-state index contributed by atoms with van der Waals surface area (Å²) in [7, 11) is 0. The van der Waals surface area contributed by atoms with E-state index in [2.05, 4.69) is 4.57 Å². The molecule has 9 aromatic carbocycles. The summed E-state index contributed by atoms with van der Waals surface area (Å²) in [4.78, 5) is 0. The lowest BCUT2D eigenvalue weighted by Gasteiger charge is -2.16. The van der Waals surface area contributed by atoms with Crippen molar-refractivity contribution < 1.29 is 22.2 Å². The highest BCUT2D eigenvalue weighted by Crippen LogP contribution is 2.45. The van der Waals surface area contributed by atoms with Gasteiger partial charge in [-0.2, -0.15) is 0 Å². The van der Waals surface area contributed by atoms with Crippen molar-refractivity contribution in [2.24, 2.45) is 0 Å². The van der Waals surface area contributed by atoms with Crippen LogP contribution in [0.15, 0.2) is 168 Å². The lowest BCUT2D eigenvalue weighted by atomic mass is 9.87. The maximum absolute atomic E-state index is 9.47. The molecule has 0 saturated carbocycles. The Morgan fingerprint density at radius 2 is 1.15 bits per heavy atom. The third-order valence-corrected chi connectivity index (χ3v) is 9.33. The summed E-state index contributed by atoms with van der Waals surface area (Å²) in [5, 5.41) is 2.90. The highest BCUT2D eigenvalue weighted by Gasteiger charge is 2.20. The van der Waals surface area contributed by atoms with Crippen LogP contribution in [0, 0.1) is 0 Å². The van der Waals surface area contributed by atoms with Crippen LogP contribution < -0.4 is 0 Å². The van der Waals surface area contributed by atoms with Gasteiger partial charge in [-0.25, -0.2) is 0 Å². The highest BCUT2D eigenvalue weighted by molar-refractivity contribution is 6.28. The van der Waals surface area contributed by atoms with Crippen molar-refractivity contribution in [3.63, 3.8) is 0 Å². The number of rotatable bonds is 3. The van der Waals surface area contributed by atoms with E-state index < -0.39 is 78.1 Å². The number of furan rings is 1. The zero-order valence-corrected chi connectivity index (χ0v) is 24.9. The van der Waals surface area contributed by atoms with E-state index in [1.807, 2.05) is 78.9 Å². The second-order valence-corrected chi connectivity index (χ2v) is 11.8. The van der Waals surface area contributed by atoms with E-state index in [9.17, 15) is 9.60 Å². The molecule has 2 heterocycles. The lowest BCUT2D eigenvalue weighted by molar-refractivity contribution is 0.671. The molecule has 48 heavy (non-hydrogen) atoms. The van der Waals surface area contributed by atoms with Crippen LogP contribution in [0.25, 0.3) is 104 Å². The number of hydrogen-bond acceptors (Lipinski definition) is 1. The Labute approximate surface area is 294 Å². The monoisotopic (exact) mass is 622 g/mol. The maximum Gasteiger partial charge on any atom is 0.160 e. The topological polar surface area (TPSA) is 18.1 Å². The zero-order chi connectivity index (χ0) is 42.7.